The Labute approximate surface area is 156 Å². The van der Waals surface area contributed by atoms with Crippen LogP contribution in [0.15, 0.2) is 23.1 Å². The first-order valence-corrected chi connectivity index (χ1v) is 10.8. The highest BCUT2D eigenvalue weighted by molar-refractivity contribution is 7.89. The highest BCUT2D eigenvalue weighted by atomic mass is 32.2. The van der Waals surface area contributed by atoms with E-state index in [4.69, 9.17) is 0 Å². The minimum absolute atomic E-state index is 0.0949. The average Bonchev–Trinajstić information content (AvgIpc) is 3.16. The summed E-state index contributed by atoms with van der Waals surface area (Å²) in [6, 6.07) is 4.98. The van der Waals surface area contributed by atoms with Gasteiger partial charge in [0.1, 0.15) is 0 Å². The largest absolute Gasteiger partial charge is 0.325 e. The van der Waals surface area contributed by atoms with Crippen molar-refractivity contribution in [1.82, 2.24) is 9.21 Å². The SMILES string of the molecule is CCN(CC)CC1CCN(S(=O)(=O)c2ccc3c(c2)C(C)(C)C(=O)N3)C1. The maximum absolute atomic E-state index is 13.1. The lowest BCUT2D eigenvalue weighted by molar-refractivity contribution is -0.119. The van der Waals surface area contributed by atoms with Gasteiger partial charge < -0.3 is 10.2 Å². The molecule has 0 saturated carbocycles. The monoisotopic (exact) mass is 379 g/mol. The average molecular weight is 380 g/mol. The van der Waals surface area contributed by atoms with Crippen molar-refractivity contribution >= 4 is 21.6 Å². The molecule has 144 valence electrons. The normalized spacial score (nSPS) is 22.7. The maximum Gasteiger partial charge on any atom is 0.243 e. The van der Waals surface area contributed by atoms with Crippen molar-refractivity contribution in [2.24, 2.45) is 5.92 Å². The Morgan fingerprint density at radius 1 is 1.27 bits per heavy atom. The Morgan fingerprint density at radius 3 is 2.62 bits per heavy atom. The minimum Gasteiger partial charge on any atom is -0.325 e. The molecule has 2 aliphatic heterocycles. The van der Waals surface area contributed by atoms with E-state index in [9.17, 15) is 13.2 Å². The third-order valence-electron chi connectivity index (χ3n) is 5.78. The van der Waals surface area contributed by atoms with E-state index in [-0.39, 0.29) is 10.8 Å². The molecule has 7 heteroatoms. The van der Waals surface area contributed by atoms with E-state index >= 15 is 0 Å². The Hall–Kier alpha value is -1.44. The van der Waals surface area contributed by atoms with Gasteiger partial charge in [-0.2, -0.15) is 4.31 Å². The quantitative estimate of drug-likeness (QED) is 0.823. The number of amides is 1. The van der Waals surface area contributed by atoms with Crippen LogP contribution in [0.2, 0.25) is 0 Å². The van der Waals surface area contributed by atoms with Gasteiger partial charge in [0.15, 0.2) is 0 Å². The number of anilines is 1. The number of nitrogens with zero attached hydrogens (tertiary/aromatic N) is 2. The van der Waals surface area contributed by atoms with E-state index in [1.165, 1.54) is 0 Å². The van der Waals surface area contributed by atoms with Crippen molar-refractivity contribution < 1.29 is 13.2 Å². The van der Waals surface area contributed by atoms with E-state index in [0.717, 1.165) is 31.6 Å². The number of benzene rings is 1. The summed E-state index contributed by atoms with van der Waals surface area (Å²) in [5.74, 6) is 0.279. The topological polar surface area (TPSA) is 69.7 Å². The summed E-state index contributed by atoms with van der Waals surface area (Å²) in [5, 5.41) is 2.82. The van der Waals surface area contributed by atoms with Crippen LogP contribution >= 0.6 is 0 Å². The molecule has 1 fully saturated rings. The summed E-state index contributed by atoms with van der Waals surface area (Å²) in [7, 11) is -3.53. The van der Waals surface area contributed by atoms with Crippen LogP contribution in [0.1, 0.15) is 39.7 Å². The molecule has 1 amide bonds. The van der Waals surface area contributed by atoms with Crippen molar-refractivity contribution in [2.45, 2.75) is 44.4 Å². The lowest BCUT2D eigenvalue weighted by atomic mass is 9.86. The Kier molecular flexibility index (Phi) is 5.16. The number of fused-ring (bicyclic) bond motifs is 1. The molecule has 1 aromatic rings. The number of rotatable bonds is 6. The first kappa shape index (κ1) is 19.3. The third-order valence-corrected chi connectivity index (χ3v) is 7.64. The predicted octanol–water partition coefficient (Wildman–Crippen LogP) is 2.27. The van der Waals surface area contributed by atoms with E-state index in [1.54, 1.807) is 22.5 Å². The molecule has 26 heavy (non-hydrogen) atoms. The zero-order valence-corrected chi connectivity index (χ0v) is 16.9. The van der Waals surface area contributed by atoms with Crippen molar-refractivity contribution in [3.63, 3.8) is 0 Å². The maximum atomic E-state index is 13.1. The minimum atomic E-state index is -3.53. The summed E-state index contributed by atoms with van der Waals surface area (Å²) in [4.78, 5) is 14.7. The van der Waals surface area contributed by atoms with Crippen molar-refractivity contribution in [2.75, 3.05) is 38.0 Å². The van der Waals surface area contributed by atoms with Gasteiger partial charge in [0, 0.05) is 25.3 Å². The summed E-state index contributed by atoms with van der Waals surface area (Å²) in [6.45, 7) is 11.9. The van der Waals surface area contributed by atoms with Crippen LogP contribution in [0, 0.1) is 5.92 Å². The molecule has 0 radical (unpaired) electrons. The highest BCUT2D eigenvalue weighted by Gasteiger charge is 2.40. The molecular formula is C19H29N3O3S. The highest BCUT2D eigenvalue weighted by Crippen LogP contribution is 2.39. The molecule has 1 unspecified atom stereocenters. The van der Waals surface area contributed by atoms with Gasteiger partial charge in [0.2, 0.25) is 15.9 Å². The van der Waals surface area contributed by atoms with Crippen LogP contribution in [0.3, 0.4) is 0 Å². The lowest BCUT2D eigenvalue weighted by Crippen LogP contribution is -2.33. The van der Waals surface area contributed by atoms with E-state index in [1.807, 2.05) is 13.8 Å². The van der Waals surface area contributed by atoms with Gasteiger partial charge in [0.05, 0.1) is 10.3 Å². The van der Waals surface area contributed by atoms with Crippen LogP contribution in [0.25, 0.3) is 0 Å². The molecule has 6 nitrogen and oxygen atoms in total. The van der Waals surface area contributed by atoms with Crippen LogP contribution in [0.4, 0.5) is 5.69 Å². The number of carbonyl (C=O) groups excluding carboxylic acids is 1. The molecule has 1 N–H and O–H groups in total. The number of hydrogen-bond donors (Lipinski definition) is 1. The van der Waals surface area contributed by atoms with Gasteiger partial charge in [-0.1, -0.05) is 13.8 Å². The fraction of sp³-hybridized carbons (Fsp3) is 0.632. The molecule has 1 aromatic carbocycles. The second kappa shape index (κ2) is 6.94. The van der Waals surface area contributed by atoms with Crippen LogP contribution < -0.4 is 5.32 Å². The molecule has 2 heterocycles. The number of sulfonamides is 1. The fourth-order valence-corrected chi connectivity index (χ4v) is 5.43. The van der Waals surface area contributed by atoms with Crippen molar-refractivity contribution in [3.8, 4) is 0 Å². The molecule has 1 saturated heterocycles. The Morgan fingerprint density at radius 2 is 1.96 bits per heavy atom. The van der Waals surface area contributed by atoms with Gasteiger partial charge in [-0.15, -0.1) is 0 Å². The molecule has 0 bridgehead atoms. The molecule has 0 spiro atoms. The van der Waals surface area contributed by atoms with Gasteiger partial charge >= 0.3 is 0 Å². The number of carbonyl (C=O) groups is 1. The molecule has 3 rings (SSSR count). The zero-order chi connectivity index (χ0) is 19.1. The molecule has 0 aromatic heterocycles. The molecule has 0 aliphatic carbocycles. The van der Waals surface area contributed by atoms with Crippen LogP contribution in [0.5, 0.6) is 0 Å². The summed E-state index contributed by atoms with van der Waals surface area (Å²) in [5.41, 5.74) is 0.749. The standard InChI is InChI=1S/C19H29N3O3S/c1-5-21(6-2)12-14-9-10-22(13-14)26(24,25)15-7-8-17-16(11-15)19(3,4)18(23)20-17/h7-8,11,14H,5-6,9-10,12-13H2,1-4H3,(H,20,23). The van der Waals surface area contributed by atoms with E-state index < -0.39 is 15.4 Å². The van der Waals surface area contributed by atoms with Crippen molar-refractivity contribution in [1.29, 1.82) is 0 Å². The summed E-state index contributed by atoms with van der Waals surface area (Å²) in [6.07, 6.45) is 0.895. The predicted molar refractivity (Wildman–Crippen MR) is 103 cm³/mol. The van der Waals surface area contributed by atoms with Gasteiger partial charge in [-0.3, -0.25) is 4.79 Å². The van der Waals surface area contributed by atoms with E-state index in [2.05, 4.69) is 24.1 Å². The summed E-state index contributed by atoms with van der Waals surface area (Å²) >= 11 is 0. The number of nitrogens with one attached hydrogen (secondary N) is 1. The second-order valence-electron chi connectivity index (χ2n) is 7.79. The van der Waals surface area contributed by atoms with Crippen LogP contribution in [-0.2, 0) is 20.2 Å². The number of hydrogen-bond acceptors (Lipinski definition) is 4. The Balaban J connectivity index is 1.80. The van der Waals surface area contributed by atoms with Gasteiger partial charge in [-0.25, -0.2) is 8.42 Å². The third kappa shape index (κ3) is 3.28. The van der Waals surface area contributed by atoms with Crippen molar-refractivity contribution in [3.05, 3.63) is 23.8 Å². The zero-order valence-electron chi connectivity index (χ0n) is 16.1. The molecule has 1 atom stereocenters. The van der Waals surface area contributed by atoms with Gasteiger partial charge in [0.25, 0.3) is 0 Å². The molecular weight excluding hydrogens is 350 g/mol. The summed E-state index contributed by atoms with van der Waals surface area (Å²) < 4.78 is 27.8. The smallest absolute Gasteiger partial charge is 0.243 e. The first-order valence-electron chi connectivity index (χ1n) is 9.38. The Bertz CT molecular complexity index is 800. The second-order valence-corrected chi connectivity index (χ2v) is 9.73. The lowest BCUT2D eigenvalue weighted by Gasteiger charge is -2.23. The molecule has 2 aliphatic rings. The first-order chi connectivity index (χ1) is 12.2. The van der Waals surface area contributed by atoms with Crippen LogP contribution in [-0.4, -0.2) is 56.3 Å². The fourth-order valence-electron chi connectivity index (χ4n) is 3.87. The van der Waals surface area contributed by atoms with Gasteiger partial charge in [-0.05, 0) is 63.0 Å². The van der Waals surface area contributed by atoms with E-state index in [0.29, 0.717) is 24.7 Å².